The number of rotatable bonds is 4. The second-order valence-corrected chi connectivity index (χ2v) is 4.59. The summed E-state index contributed by atoms with van der Waals surface area (Å²) < 4.78 is 5.48. The summed E-state index contributed by atoms with van der Waals surface area (Å²) in [6, 6.07) is 6.24. The van der Waals surface area contributed by atoms with Crippen molar-refractivity contribution in [2.24, 2.45) is 5.92 Å². The first-order valence-electron chi connectivity index (χ1n) is 6.37. The van der Waals surface area contributed by atoms with Gasteiger partial charge in [0.25, 0.3) is 0 Å². The van der Waals surface area contributed by atoms with Gasteiger partial charge in [0.05, 0.1) is 17.6 Å². The van der Waals surface area contributed by atoms with Gasteiger partial charge in [0, 0.05) is 12.3 Å². The Balaban J connectivity index is 2.06. The molecule has 0 aromatic heterocycles. The first-order valence-corrected chi connectivity index (χ1v) is 6.37. The minimum Gasteiger partial charge on any atom is -0.478 e. The molecule has 0 radical (unpaired) electrons. The zero-order valence-electron chi connectivity index (χ0n) is 10.8. The predicted octanol–water partition coefficient (Wildman–Crippen LogP) is 2.14. The molecule has 102 valence electrons. The van der Waals surface area contributed by atoms with Gasteiger partial charge >= 0.3 is 5.97 Å². The van der Waals surface area contributed by atoms with Gasteiger partial charge in [0.1, 0.15) is 0 Å². The number of nitrogens with one attached hydrogen (secondary N) is 1. The number of hydrogen-bond acceptors (Lipinski definition) is 3. The lowest BCUT2D eigenvalue weighted by molar-refractivity contribution is -0.121. The lowest BCUT2D eigenvalue weighted by Gasteiger charge is -2.16. The number of carboxylic acid groups (broad SMARTS) is 1. The van der Waals surface area contributed by atoms with Crippen LogP contribution in [0.5, 0.6) is 0 Å². The molecule has 1 aliphatic rings. The van der Waals surface area contributed by atoms with Crippen LogP contribution in [0.4, 0.5) is 5.69 Å². The van der Waals surface area contributed by atoms with Gasteiger partial charge in [0.15, 0.2) is 0 Å². The highest BCUT2D eigenvalue weighted by molar-refractivity contribution is 5.95. The largest absolute Gasteiger partial charge is 0.478 e. The van der Waals surface area contributed by atoms with Gasteiger partial charge in [0.2, 0.25) is 5.91 Å². The van der Waals surface area contributed by atoms with Crippen LogP contribution in [0.15, 0.2) is 24.3 Å². The van der Waals surface area contributed by atoms with Crippen molar-refractivity contribution in [1.29, 1.82) is 0 Å². The molecule has 0 aliphatic carbocycles. The van der Waals surface area contributed by atoms with Crippen LogP contribution in [0.2, 0.25) is 0 Å². The first kappa shape index (κ1) is 13.5. The molecule has 1 saturated heterocycles. The maximum atomic E-state index is 12.1. The number of carbonyl (C=O) groups excluding carboxylic acids is 1. The van der Waals surface area contributed by atoms with Gasteiger partial charge in [-0.15, -0.1) is 0 Å². The summed E-state index contributed by atoms with van der Waals surface area (Å²) in [5.74, 6) is -1.27. The summed E-state index contributed by atoms with van der Waals surface area (Å²) in [5, 5.41) is 11.7. The third-order valence-electron chi connectivity index (χ3n) is 3.33. The topological polar surface area (TPSA) is 75.6 Å². The zero-order chi connectivity index (χ0) is 13.8. The lowest BCUT2D eigenvalue weighted by Crippen LogP contribution is -2.29. The van der Waals surface area contributed by atoms with Crippen LogP contribution in [-0.2, 0) is 9.53 Å². The van der Waals surface area contributed by atoms with Gasteiger partial charge in [-0.25, -0.2) is 4.79 Å². The number of carbonyl (C=O) groups is 2. The predicted molar refractivity (Wildman–Crippen MR) is 70.2 cm³/mol. The van der Waals surface area contributed by atoms with E-state index in [2.05, 4.69) is 5.32 Å². The van der Waals surface area contributed by atoms with E-state index in [0.717, 1.165) is 6.42 Å². The SMILES string of the molecule is CCC1OCCC1C(=O)Nc1cccc(C(=O)O)c1. The molecular formula is C14H17NO4. The molecule has 5 heteroatoms. The van der Waals surface area contributed by atoms with Crippen LogP contribution in [0, 0.1) is 5.92 Å². The third-order valence-corrected chi connectivity index (χ3v) is 3.33. The fourth-order valence-electron chi connectivity index (χ4n) is 2.32. The van der Waals surface area contributed by atoms with E-state index in [1.807, 2.05) is 6.92 Å². The Morgan fingerprint density at radius 2 is 2.26 bits per heavy atom. The third kappa shape index (κ3) is 3.12. The molecule has 2 atom stereocenters. The van der Waals surface area contributed by atoms with E-state index in [0.29, 0.717) is 18.7 Å². The quantitative estimate of drug-likeness (QED) is 0.872. The Bertz CT molecular complexity index is 486. The summed E-state index contributed by atoms with van der Waals surface area (Å²) in [7, 11) is 0. The summed E-state index contributed by atoms with van der Waals surface area (Å²) in [5.41, 5.74) is 0.666. The fraction of sp³-hybridized carbons (Fsp3) is 0.429. The molecule has 0 bridgehead atoms. The second kappa shape index (κ2) is 5.84. The summed E-state index contributed by atoms with van der Waals surface area (Å²) in [4.78, 5) is 23.0. The molecule has 0 spiro atoms. The number of amides is 1. The van der Waals surface area contributed by atoms with Crippen molar-refractivity contribution >= 4 is 17.6 Å². The van der Waals surface area contributed by atoms with Crippen molar-refractivity contribution in [3.63, 3.8) is 0 Å². The minimum absolute atomic E-state index is 0.0392. The molecule has 1 heterocycles. The monoisotopic (exact) mass is 263 g/mol. The number of carboxylic acids is 1. The minimum atomic E-state index is -1.01. The van der Waals surface area contributed by atoms with Gasteiger partial charge in [-0.2, -0.15) is 0 Å². The number of ether oxygens (including phenoxy) is 1. The molecule has 1 aromatic rings. The molecule has 1 aromatic carbocycles. The van der Waals surface area contributed by atoms with Crippen LogP contribution < -0.4 is 5.32 Å². The molecule has 0 saturated carbocycles. The van der Waals surface area contributed by atoms with E-state index in [4.69, 9.17) is 9.84 Å². The standard InChI is InChI=1S/C14H17NO4/c1-2-12-11(6-7-19-12)13(16)15-10-5-3-4-9(8-10)14(17)18/h3-5,8,11-12H,2,6-7H2,1H3,(H,15,16)(H,17,18). The van der Waals surface area contributed by atoms with Gasteiger partial charge < -0.3 is 15.2 Å². The van der Waals surface area contributed by atoms with E-state index in [9.17, 15) is 9.59 Å². The van der Waals surface area contributed by atoms with E-state index >= 15 is 0 Å². The molecule has 1 fully saturated rings. The van der Waals surface area contributed by atoms with Crippen molar-refractivity contribution in [3.05, 3.63) is 29.8 Å². The lowest BCUT2D eigenvalue weighted by atomic mass is 9.98. The highest BCUT2D eigenvalue weighted by Crippen LogP contribution is 2.25. The Hall–Kier alpha value is -1.88. The van der Waals surface area contributed by atoms with Gasteiger partial charge in [-0.05, 0) is 31.0 Å². The summed E-state index contributed by atoms with van der Waals surface area (Å²) in [6.07, 6.45) is 1.47. The van der Waals surface area contributed by atoms with Crippen LogP contribution in [0.3, 0.4) is 0 Å². The van der Waals surface area contributed by atoms with E-state index < -0.39 is 5.97 Å². The van der Waals surface area contributed by atoms with Crippen LogP contribution in [0.25, 0.3) is 0 Å². The van der Waals surface area contributed by atoms with Gasteiger partial charge in [-0.1, -0.05) is 13.0 Å². The highest BCUT2D eigenvalue weighted by Gasteiger charge is 2.32. The van der Waals surface area contributed by atoms with Crippen molar-refractivity contribution in [2.45, 2.75) is 25.9 Å². The average molecular weight is 263 g/mol. The van der Waals surface area contributed by atoms with Crippen molar-refractivity contribution in [3.8, 4) is 0 Å². The Labute approximate surface area is 111 Å². The second-order valence-electron chi connectivity index (χ2n) is 4.59. The first-order chi connectivity index (χ1) is 9.11. The molecule has 1 amide bonds. The Morgan fingerprint density at radius 1 is 1.47 bits per heavy atom. The molecule has 5 nitrogen and oxygen atoms in total. The molecule has 2 rings (SSSR count). The van der Waals surface area contributed by atoms with E-state index in [1.54, 1.807) is 12.1 Å². The van der Waals surface area contributed by atoms with E-state index in [1.165, 1.54) is 12.1 Å². The van der Waals surface area contributed by atoms with Crippen molar-refractivity contribution in [1.82, 2.24) is 0 Å². The molecule has 19 heavy (non-hydrogen) atoms. The highest BCUT2D eigenvalue weighted by atomic mass is 16.5. The maximum Gasteiger partial charge on any atom is 0.335 e. The zero-order valence-corrected chi connectivity index (χ0v) is 10.8. The smallest absolute Gasteiger partial charge is 0.335 e. The van der Waals surface area contributed by atoms with E-state index in [-0.39, 0.29) is 23.5 Å². The van der Waals surface area contributed by atoms with Crippen LogP contribution in [0.1, 0.15) is 30.1 Å². The van der Waals surface area contributed by atoms with Crippen LogP contribution in [-0.4, -0.2) is 29.7 Å². The average Bonchev–Trinajstić information content (AvgIpc) is 2.87. The molecule has 2 N–H and O–H groups in total. The number of hydrogen-bond donors (Lipinski definition) is 2. The van der Waals surface area contributed by atoms with Gasteiger partial charge in [-0.3, -0.25) is 4.79 Å². The Kier molecular flexibility index (Phi) is 4.16. The Morgan fingerprint density at radius 3 is 2.95 bits per heavy atom. The summed E-state index contributed by atoms with van der Waals surface area (Å²) >= 11 is 0. The fourth-order valence-corrected chi connectivity index (χ4v) is 2.32. The molecular weight excluding hydrogens is 246 g/mol. The number of benzene rings is 1. The molecule has 2 unspecified atom stereocenters. The maximum absolute atomic E-state index is 12.1. The summed E-state index contributed by atoms with van der Waals surface area (Å²) in [6.45, 7) is 2.59. The molecule has 1 aliphatic heterocycles. The normalized spacial score (nSPS) is 22.2. The number of anilines is 1. The number of aromatic carboxylic acids is 1. The van der Waals surface area contributed by atoms with Crippen molar-refractivity contribution in [2.75, 3.05) is 11.9 Å². The van der Waals surface area contributed by atoms with Crippen LogP contribution >= 0.6 is 0 Å². The van der Waals surface area contributed by atoms with Crippen molar-refractivity contribution < 1.29 is 19.4 Å².